The van der Waals surface area contributed by atoms with Gasteiger partial charge in [-0.3, -0.25) is 4.79 Å². The fourth-order valence-corrected chi connectivity index (χ4v) is 1.83. The maximum absolute atomic E-state index is 11.9. The lowest BCUT2D eigenvalue weighted by molar-refractivity contribution is -0.116. The molecular formula is C16H19NO3. The minimum absolute atomic E-state index is 0.0544. The Morgan fingerprint density at radius 2 is 2.05 bits per heavy atom. The molecule has 0 fully saturated rings. The topological polar surface area (TPSA) is 51.5 Å². The van der Waals surface area contributed by atoms with Crippen LogP contribution in [0.2, 0.25) is 0 Å². The average Bonchev–Trinajstić information content (AvgIpc) is 2.91. The summed E-state index contributed by atoms with van der Waals surface area (Å²) in [6, 6.07) is 11.1. The predicted molar refractivity (Wildman–Crippen MR) is 77.9 cm³/mol. The highest BCUT2D eigenvalue weighted by Crippen LogP contribution is 2.25. The van der Waals surface area contributed by atoms with Gasteiger partial charge in [0.15, 0.2) is 0 Å². The van der Waals surface area contributed by atoms with Crippen molar-refractivity contribution in [3.63, 3.8) is 0 Å². The Balaban J connectivity index is 1.93. The fraction of sp³-hybridized carbons (Fsp3) is 0.312. The highest BCUT2D eigenvalue weighted by Gasteiger charge is 2.09. The highest BCUT2D eigenvalue weighted by molar-refractivity contribution is 5.92. The van der Waals surface area contributed by atoms with Crippen molar-refractivity contribution in [2.24, 2.45) is 0 Å². The Morgan fingerprint density at radius 1 is 1.25 bits per heavy atom. The first-order valence-corrected chi connectivity index (χ1v) is 6.73. The Morgan fingerprint density at radius 3 is 2.75 bits per heavy atom. The van der Waals surface area contributed by atoms with Gasteiger partial charge in [-0.15, -0.1) is 0 Å². The van der Waals surface area contributed by atoms with E-state index in [1.54, 1.807) is 6.26 Å². The number of nitrogens with one attached hydrogen (secondary N) is 1. The van der Waals surface area contributed by atoms with E-state index >= 15 is 0 Å². The van der Waals surface area contributed by atoms with E-state index in [1.165, 1.54) is 0 Å². The van der Waals surface area contributed by atoms with E-state index in [2.05, 4.69) is 5.32 Å². The first kappa shape index (κ1) is 14.2. The van der Waals surface area contributed by atoms with Gasteiger partial charge in [-0.1, -0.05) is 12.1 Å². The number of hydrogen-bond donors (Lipinski definition) is 1. The van der Waals surface area contributed by atoms with Gasteiger partial charge in [0, 0.05) is 12.8 Å². The number of rotatable bonds is 6. The molecule has 4 heteroatoms. The van der Waals surface area contributed by atoms with Crippen LogP contribution in [0.15, 0.2) is 47.1 Å². The van der Waals surface area contributed by atoms with Crippen molar-refractivity contribution in [1.29, 1.82) is 0 Å². The summed E-state index contributed by atoms with van der Waals surface area (Å²) in [6.07, 6.45) is 2.64. The van der Waals surface area contributed by atoms with Crippen LogP contribution in [0, 0.1) is 0 Å². The summed E-state index contributed by atoms with van der Waals surface area (Å²) < 4.78 is 10.9. The van der Waals surface area contributed by atoms with Crippen LogP contribution >= 0.6 is 0 Å². The monoisotopic (exact) mass is 273 g/mol. The Labute approximate surface area is 118 Å². The number of anilines is 1. The standard InChI is InChI=1S/C16H19NO3/c1-12(2)20-15-8-4-3-7-14(15)17-16(18)10-9-13-6-5-11-19-13/h3-8,11-12H,9-10H2,1-2H3,(H,17,18). The summed E-state index contributed by atoms with van der Waals surface area (Å²) in [4.78, 5) is 11.9. The van der Waals surface area contributed by atoms with Crippen LogP contribution in [-0.4, -0.2) is 12.0 Å². The zero-order valence-corrected chi connectivity index (χ0v) is 11.8. The van der Waals surface area contributed by atoms with Crippen molar-refractivity contribution in [2.45, 2.75) is 32.8 Å². The SMILES string of the molecule is CC(C)Oc1ccccc1NC(=O)CCc1ccco1. The predicted octanol–water partition coefficient (Wildman–Crippen LogP) is 3.64. The third-order valence-electron chi connectivity index (χ3n) is 2.70. The summed E-state index contributed by atoms with van der Waals surface area (Å²) >= 11 is 0. The van der Waals surface area contributed by atoms with Crippen LogP contribution in [0.4, 0.5) is 5.69 Å². The average molecular weight is 273 g/mol. The number of para-hydroxylation sites is 2. The molecule has 0 radical (unpaired) electrons. The molecule has 2 aromatic rings. The lowest BCUT2D eigenvalue weighted by Crippen LogP contribution is -2.14. The van der Waals surface area contributed by atoms with Crippen molar-refractivity contribution in [3.05, 3.63) is 48.4 Å². The number of aryl methyl sites for hydroxylation is 1. The summed E-state index contributed by atoms with van der Waals surface area (Å²) in [5.41, 5.74) is 0.700. The zero-order chi connectivity index (χ0) is 14.4. The second-order valence-corrected chi connectivity index (χ2v) is 4.79. The fourth-order valence-electron chi connectivity index (χ4n) is 1.83. The molecule has 0 aliphatic heterocycles. The first-order valence-electron chi connectivity index (χ1n) is 6.73. The van der Waals surface area contributed by atoms with E-state index in [0.717, 1.165) is 5.76 Å². The smallest absolute Gasteiger partial charge is 0.224 e. The van der Waals surface area contributed by atoms with Crippen LogP contribution in [-0.2, 0) is 11.2 Å². The molecule has 106 valence electrons. The van der Waals surface area contributed by atoms with Crippen molar-refractivity contribution < 1.29 is 13.9 Å². The number of amides is 1. The minimum atomic E-state index is -0.0544. The van der Waals surface area contributed by atoms with Crippen molar-refractivity contribution >= 4 is 11.6 Å². The van der Waals surface area contributed by atoms with E-state index < -0.39 is 0 Å². The molecule has 0 spiro atoms. The molecule has 1 N–H and O–H groups in total. The molecule has 1 amide bonds. The van der Waals surface area contributed by atoms with Crippen LogP contribution in [0.3, 0.4) is 0 Å². The number of carbonyl (C=O) groups is 1. The van der Waals surface area contributed by atoms with Crippen LogP contribution < -0.4 is 10.1 Å². The van der Waals surface area contributed by atoms with Crippen LogP contribution in [0.5, 0.6) is 5.75 Å². The molecule has 2 rings (SSSR count). The van der Waals surface area contributed by atoms with Gasteiger partial charge in [-0.05, 0) is 38.1 Å². The Hall–Kier alpha value is -2.23. The quantitative estimate of drug-likeness (QED) is 0.874. The van der Waals surface area contributed by atoms with Crippen LogP contribution in [0.25, 0.3) is 0 Å². The molecule has 4 nitrogen and oxygen atoms in total. The van der Waals surface area contributed by atoms with E-state index in [9.17, 15) is 4.79 Å². The molecule has 1 aromatic carbocycles. The Kier molecular flexibility index (Phi) is 4.82. The van der Waals surface area contributed by atoms with Gasteiger partial charge in [0.05, 0.1) is 18.1 Å². The zero-order valence-electron chi connectivity index (χ0n) is 11.8. The molecular weight excluding hydrogens is 254 g/mol. The number of carbonyl (C=O) groups excluding carboxylic acids is 1. The summed E-state index contributed by atoms with van der Waals surface area (Å²) in [6.45, 7) is 3.91. The normalized spacial score (nSPS) is 10.6. The maximum atomic E-state index is 11.9. The molecule has 1 heterocycles. The lowest BCUT2D eigenvalue weighted by atomic mass is 10.2. The third-order valence-corrected chi connectivity index (χ3v) is 2.70. The Bertz CT molecular complexity index is 547. The molecule has 0 unspecified atom stereocenters. The van der Waals surface area contributed by atoms with Gasteiger partial charge in [0.2, 0.25) is 5.91 Å². The number of furan rings is 1. The van der Waals surface area contributed by atoms with Gasteiger partial charge in [-0.25, -0.2) is 0 Å². The van der Waals surface area contributed by atoms with Crippen molar-refractivity contribution in [2.75, 3.05) is 5.32 Å². The van der Waals surface area contributed by atoms with Gasteiger partial charge in [0.25, 0.3) is 0 Å². The van der Waals surface area contributed by atoms with E-state index in [0.29, 0.717) is 24.3 Å². The number of ether oxygens (including phenoxy) is 1. The third kappa shape index (κ3) is 4.16. The van der Waals surface area contributed by atoms with Gasteiger partial charge < -0.3 is 14.5 Å². The lowest BCUT2D eigenvalue weighted by Gasteiger charge is -2.14. The minimum Gasteiger partial charge on any atom is -0.489 e. The van der Waals surface area contributed by atoms with E-state index in [1.807, 2.05) is 50.2 Å². The molecule has 0 aliphatic rings. The van der Waals surface area contributed by atoms with Gasteiger partial charge in [0.1, 0.15) is 11.5 Å². The molecule has 0 atom stereocenters. The number of benzene rings is 1. The summed E-state index contributed by atoms with van der Waals surface area (Å²) in [7, 11) is 0. The molecule has 20 heavy (non-hydrogen) atoms. The molecule has 0 aliphatic carbocycles. The second-order valence-electron chi connectivity index (χ2n) is 4.79. The van der Waals surface area contributed by atoms with E-state index in [-0.39, 0.29) is 12.0 Å². The first-order chi connectivity index (χ1) is 9.65. The molecule has 0 saturated carbocycles. The van der Waals surface area contributed by atoms with Crippen LogP contribution in [0.1, 0.15) is 26.0 Å². The summed E-state index contributed by atoms with van der Waals surface area (Å²) in [5.74, 6) is 1.45. The molecule has 1 aromatic heterocycles. The largest absolute Gasteiger partial charge is 0.489 e. The van der Waals surface area contributed by atoms with Crippen molar-refractivity contribution in [1.82, 2.24) is 0 Å². The highest BCUT2D eigenvalue weighted by atomic mass is 16.5. The van der Waals surface area contributed by atoms with Gasteiger partial charge in [-0.2, -0.15) is 0 Å². The maximum Gasteiger partial charge on any atom is 0.224 e. The second kappa shape index (κ2) is 6.80. The molecule has 0 saturated heterocycles. The van der Waals surface area contributed by atoms with Crippen molar-refractivity contribution in [3.8, 4) is 5.75 Å². The molecule has 0 bridgehead atoms. The van der Waals surface area contributed by atoms with E-state index in [4.69, 9.17) is 9.15 Å². The number of hydrogen-bond acceptors (Lipinski definition) is 3. The summed E-state index contributed by atoms with van der Waals surface area (Å²) in [5, 5.41) is 2.87. The van der Waals surface area contributed by atoms with Gasteiger partial charge >= 0.3 is 0 Å².